The minimum absolute atomic E-state index is 0.0114. The number of hydrogen-bond acceptors (Lipinski definition) is 3. The quantitative estimate of drug-likeness (QED) is 0.0486. The SMILES string of the molecule is CCCCCC=CCCCC(CCCC=CCCCCC)C(CCC=CCCCCC)OC(=O)CCCCN(C)C. The van der Waals surface area contributed by atoms with E-state index in [4.69, 9.17) is 4.74 Å². The molecule has 1 atom stereocenters. The molecule has 0 spiro atoms. The van der Waals surface area contributed by atoms with Crippen molar-refractivity contribution in [1.82, 2.24) is 4.90 Å². The third-order valence-corrected chi connectivity index (χ3v) is 7.98. The van der Waals surface area contributed by atoms with Gasteiger partial charge < -0.3 is 9.64 Å². The maximum Gasteiger partial charge on any atom is 0.306 e. The van der Waals surface area contributed by atoms with Gasteiger partial charge in [0.15, 0.2) is 0 Å². The summed E-state index contributed by atoms with van der Waals surface area (Å²) in [4.78, 5) is 15.1. The van der Waals surface area contributed by atoms with E-state index in [2.05, 4.69) is 76.2 Å². The van der Waals surface area contributed by atoms with Crippen molar-refractivity contribution in [1.29, 1.82) is 0 Å². The van der Waals surface area contributed by atoms with Gasteiger partial charge in [-0.15, -0.1) is 0 Å². The zero-order valence-corrected chi connectivity index (χ0v) is 28.4. The van der Waals surface area contributed by atoms with Crippen LogP contribution in [0.2, 0.25) is 0 Å². The number of unbranched alkanes of at least 4 members (excludes halogenated alkanes) is 12. The number of rotatable bonds is 30. The molecule has 0 amide bonds. The minimum Gasteiger partial charge on any atom is -0.462 e. The summed E-state index contributed by atoms with van der Waals surface area (Å²) >= 11 is 0. The first-order valence-corrected chi connectivity index (χ1v) is 17.8. The van der Waals surface area contributed by atoms with Crippen LogP contribution in [0.25, 0.3) is 0 Å². The Morgan fingerprint density at radius 3 is 1.44 bits per heavy atom. The summed E-state index contributed by atoms with van der Waals surface area (Å²) < 4.78 is 6.29. The molecule has 0 rings (SSSR count). The molecule has 0 saturated carbocycles. The van der Waals surface area contributed by atoms with Gasteiger partial charge in [-0.1, -0.05) is 95.8 Å². The summed E-state index contributed by atoms with van der Waals surface area (Å²) in [7, 11) is 4.19. The molecule has 0 radical (unpaired) electrons. The van der Waals surface area contributed by atoms with Crippen LogP contribution in [0.5, 0.6) is 0 Å². The molecule has 0 N–H and O–H groups in total. The topological polar surface area (TPSA) is 29.5 Å². The van der Waals surface area contributed by atoms with Gasteiger partial charge in [0.25, 0.3) is 0 Å². The zero-order chi connectivity index (χ0) is 30.2. The van der Waals surface area contributed by atoms with E-state index < -0.39 is 0 Å². The second-order valence-corrected chi connectivity index (χ2v) is 12.4. The third kappa shape index (κ3) is 28.5. The van der Waals surface area contributed by atoms with Crippen molar-refractivity contribution < 1.29 is 9.53 Å². The number of carbonyl (C=O) groups is 1. The molecule has 0 heterocycles. The zero-order valence-electron chi connectivity index (χ0n) is 28.4. The standard InChI is InChI=1S/C38H71NO2/c1-6-9-12-15-18-21-23-26-31-36(32-27-24-22-19-16-13-10-7-2)37(33-28-25-20-17-14-11-8-3)41-38(40)34-29-30-35-39(4)5/h18-22,25,36-37H,6-17,23-24,26-35H2,1-5H3. The van der Waals surface area contributed by atoms with Crippen molar-refractivity contribution in [2.75, 3.05) is 20.6 Å². The highest BCUT2D eigenvalue weighted by Crippen LogP contribution is 2.27. The maximum absolute atomic E-state index is 12.9. The molecule has 1 unspecified atom stereocenters. The predicted octanol–water partition coefficient (Wildman–Crippen LogP) is 11.8. The number of allylic oxidation sites excluding steroid dienone is 6. The van der Waals surface area contributed by atoms with Crippen molar-refractivity contribution in [2.24, 2.45) is 5.92 Å². The molecule has 0 aromatic heterocycles. The van der Waals surface area contributed by atoms with E-state index in [0.717, 1.165) is 57.9 Å². The van der Waals surface area contributed by atoms with E-state index in [9.17, 15) is 4.79 Å². The summed E-state index contributed by atoms with van der Waals surface area (Å²) in [5.41, 5.74) is 0. The Kier molecular flexibility index (Phi) is 30.5. The second kappa shape index (κ2) is 31.6. The number of hydrogen-bond donors (Lipinski definition) is 0. The first-order valence-electron chi connectivity index (χ1n) is 17.8. The van der Waals surface area contributed by atoms with Gasteiger partial charge in [0.05, 0.1) is 0 Å². The van der Waals surface area contributed by atoms with E-state index in [1.807, 2.05) is 0 Å². The smallest absolute Gasteiger partial charge is 0.306 e. The lowest BCUT2D eigenvalue weighted by molar-refractivity contribution is -0.152. The van der Waals surface area contributed by atoms with E-state index >= 15 is 0 Å². The summed E-state index contributed by atoms with van der Waals surface area (Å²) in [5.74, 6) is 0.466. The average Bonchev–Trinajstić information content (AvgIpc) is 2.95. The van der Waals surface area contributed by atoms with Crippen LogP contribution in [0.1, 0.15) is 168 Å². The van der Waals surface area contributed by atoms with Gasteiger partial charge in [-0.2, -0.15) is 0 Å². The molecule has 3 heteroatoms. The highest BCUT2D eigenvalue weighted by molar-refractivity contribution is 5.69. The molecule has 3 nitrogen and oxygen atoms in total. The van der Waals surface area contributed by atoms with Crippen LogP contribution in [0.15, 0.2) is 36.5 Å². The molecule has 0 saturated heterocycles. The van der Waals surface area contributed by atoms with Gasteiger partial charge in [-0.3, -0.25) is 4.79 Å². The largest absolute Gasteiger partial charge is 0.462 e. The van der Waals surface area contributed by atoms with Crippen LogP contribution in [0.3, 0.4) is 0 Å². The van der Waals surface area contributed by atoms with Crippen LogP contribution in [-0.2, 0) is 9.53 Å². The molecule has 0 aromatic rings. The summed E-state index contributed by atoms with van der Waals surface area (Å²) in [5, 5.41) is 0. The van der Waals surface area contributed by atoms with Gasteiger partial charge in [-0.25, -0.2) is 0 Å². The summed E-state index contributed by atoms with van der Waals surface area (Å²) in [6.07, 6.45) is 41.0. The normalized spacial score (nSPS) is 13.7. The van der Waals surface area contributed by atoms with Crippen molar-refractivity contribution in [3.05, 3.63) is 36.5 Å². The Morgan fingerprint density at radius 1 is 0.561 bits per heavy atom. The summed E-state index contributed by atoms with van der Waals surface area (Å²) in [6.45, 7) is 7.82. The van der Waals surface area contributed by atoms with Crippen LogP contribution in [-0.4, -0.2) is 37.6 Å². The fourth-order valence-corrected chi connectivity index (χ4v) is 5.33. The van der Waals surface area contributed by atoms with Crippen molar-refractivity contribution in [3.63, 3.8) is 0 Å². The number of ether oxygens (including phenoxy) is 1. The molecular formula is C38H71NO2. The highest BCUT2D eigenvalue weighted by atomic mass is 16.5. The van der Waals surface area contributed by atoms with E-state index in [0.29, 0.717) is 12.3 Å². The lowest BCUT2D eigenvalue weighted by Crippen LogP contribution is -2.27. The van der Waals surface area contributed by atoms with E-state index in [1.165, 1.54) is 89.9 Å². The Bertz CT molecular complexity index is 610. The predicted molar refractivity (Wildman–Crippen MR) is 183 cm³/mol. The minimum atomic E-state index is 0.0114. The molecule has 0 aromatic carbocycles. The Morgan fingerprint density at radius 2 is 1.00 bits per heavy atom. The van der Waals surface area contributed by atoms with Gasteiger partial charge in [-0.05, 0) is 129 Å². The Labute approximate surface area is 257 Å². The first-order chi connectivity index (χ1) is 20.0. The molecule has 0 bridgehead atoms. The van der Waals surface area contributed by atoms with Crippen LogP contribution >= 0.6 is 0 Å². The van der Waals surface area contributed by atoms with Gasteiger partial charge in [0.2, 0.25) is 0 Å². The third-order valence-electron chi connectivity index (χ3n) is 7.98. The lowest BCUT2D eigenvalue weighted by atomic mass is 9.88. The van der Waals surface area contributed by atoms with Crippen molar-refractivity contribution in [2.45, 2.75) is 175 Å². The highest BCUT2D eigenvalue weighted by Gasteiger charge is 2.24. The lowest BCUT2D eigenvalue weighted by Gasteiger charge is -2.27. The number of esters is 1. The molecule has 0 aliphatic heterocycles. The molecular weight excluding hydrogens is 502 g/mol. The number of carbonyl (C=O) groups excluding carboxylic acids is 1. The van der Waals surface area contributed by atoms with E-state index in [-0.39, 0.29) is 12.1 Å². The van der Waals surface area contributed by atoms with Crippen molar-refractivity contribution in [3.8, 4) is 0 Å². The van der Waals surface area contributed by atoms with E-state index in [1.54, 1.807) is 0 Å². The molecule has 0 fully saturated rings. The average molecular weight is 574 g/mol. The van der Waals surface area contributed by atoms with Gasteiger partial charge >= 0.3 is 5.97 Å². The van der Waals surface area contributed by atoms with Crippen LogP contribution in [0, 0.1) is 5.92 Å². The fourth-order valence-electron chi connectivity index (χ4n) is 5.33. The molecule has 240 valence electrons. The molecule has 0 aliphatic carbocycles. The van der Waals surface area contributed by atoms with Crippen LogP contribution in [0.4, 0.5) is 0 Å². The Balaban J connectivity index is 5.14. The summed E-state index contributed by atoms with van der Waals surface area (Å²) in [6, 6.07) is 0. The van der Waals surface area contributed by atoms with Gasteiger partial charge in [0, 0.05) is 6.42 Å². The second-order valence-electron chi connectivity index (χ2n) is 12.4. The van der Waals surface area contributed by atoms with Gasteiger partial charge in [0.1, 0.15) is 6.10 Å². The first kappa shape index (κ1) is 39.6. The fraction of sp³-hybridized carbons (Fsp3) is 0.816. The monoisotopic (exact) mass is 574 g/mol. The van der Waals surface area contributed by atoms with Crippen LogP contribution < -0.4 is 0 Å². The molecule has 41 heavy (non-hydrogen) atoms. The Hall–Kier alpha value is -1.35. The van der Waals surface area contributed by atoms with Crippen molar-refractivity contribution >= 4 is 5.97 Å². The molecule has 0 aliphatic rings. The maximum atomic E-state index is 12.9. The number of nitrogens with zero attached hydrogens (tertiary/aromatic N) is 1.